The molecule has 0 unspecified atom stereocenters. The molecule has 0 aromatic carbocycles. The van der Waals surface area contributed by atoms with Crippen LogP contribution in [-0.4, -0.2) is 73.6 Å². The molecule has 1 saturated heterocycles. The maximum absolute atomic E-state index is 12.8. The second-order valence-corrected chi connectivity index (χ2v) is 9.81. The molecule has 0 spiro atoms. The van der Waals surface area contributed by atoms with Gasteiger partial charge in [-0.25, -0.2) is 9.78 Å². The Hall–Kier alpha value is -2.01. The van der Waals surface area contributed by atoms with Gasteiger partial charge in [-0.15, -0.1) is 35.5 Å². The second-order valence-electron chi connectivity index (χ2n) is 6.87. The molecule has 4 rings (SSSR count). The van der Waals surface area contributed by atoms with Crippen LogP contribution >= 0.6 is 47.3 Å². The van der Waals surface area contributed by atoms with Gasteiger partial charge >= 0.3 is 35.5 Å². The number of aliphatic carboxylic acids is 1. The quantitative estimate of drug-likeness (QED) is 0.143. The number of fused-ring (bicyclic) bond motifs is 1. The number of hydrogen-bond donors (Lipinski definition) is 3. The van der Waals surface area contributed by atoms with Gasteiger partial charge in [-0.2, -0.15) is 0 Å². The molecule has 188 valence electrons. The van der Waals surface area contributed by atoms with Crippen LogP contribution in [0.1, 0.15) is 17.7 Å². The largest absolute Gasteiger partial charge is 1.00 e. The number of oxime groups is 1. The summed E-state index contributed by atoms with van der Waals surface area (Å²) < 4.78 is 5.05. The van der Waals surface area contributed by atoms with Crippen LogP contribution in [0.2, 0.25) is 0 Å². The van der Waals surface area contributed by atoms with Crippen molar-refractivity contribution in [2.75, 3.05) is 24.3 Å². The smallest absolute Gasteiger partial charge is 1.00 e. The minimum Gasteiger partial charge on any atom is -1.00 e. The summed E-state index contributed by atoms with van der Waals surface area (Å²) >= 11 is 3.29. The number of thiazole rings is 1. The zero-order valence-electron chi connectivity index (χ0n) is 19.8. The first-order valence-electron chi connectivity index (χ1n) is 9.55. The fourth-order valence-electron chi connectivity index (χ4n) is 3.31. The summed E-state index contributed by atoms with van der Waals surface area (Å²) in [6.07, 6.45) is 1.37. The number of nitrogen functional groups attached to an aromatic ring is 1. The first-order chi connectivity index (χ1) is 16.3. The normalized spacial score (nSPS) is 18.9. The summed E-state index contributed by atoms with van der Waals surface area (Å²) in [5, 5.41) is 16.8. The Morgan fingerprint density at radius 2 is 2.22 bits per heavy atom. The van der Waals surface area contributed by atoms with E-state index in [2.05, 4.69) is 15.5 Å². The van der Waals surface area contributed by atoms with Gasteiger partial charge < -0.3 is 26.8 Å². The van der Waals surface area contributed by atoms with E-state index in [0.717, 1.165) is 28.0 Å². The van der Waals surface area contributed by atoms with E-state index in [4.69, 9.17) is 15.0 Å². The number of β-lactam (4-membered cyclic amide) rings is 1. The minimum absolute atomic E-state index is 0. The van der Waals surface area contributed by atoms with Crippen LogP contribution in [0.4, 0.5) is 5.13 Å². The minimum atomic E-state index is -1.29. The number of thioether (sulfide) groups is 2. The molecule has 0 saturated carbocycles. The zero-order valence-corrected chi connectivity index (χ0v) is 24.1. The number of nitrogens with one attached hydrogen (secondary N) is 1. The molecule has 0 aliphatic carbocycles. The zero-order chi connectivity index (χ0) is 24.4. The second kappa shape index (κ2) is 13.0. The van der Waals surface area contributed by atoms with E-state index in [1.165, 1.54) is 36.6 Å². The van der Waals surface area contributed by atoms with Crippen LogP contribution in [0.3, 0.4) is 0 Å². The summed E-state index contributed by atoms with van der Waals surface area (Å²) in [5.41, 5.74) is 5.89. The average Bonchev–Trinajstić information content (AvgIpc) is 3.50. The molecule has 0 radical (unpaired) electrons. The Morgan fingerprint density at radius 1 is 1.47 bits per heavy atom. The molecule has 12 nitrogen and oxygen atoms in total. The van der Waals surface area contributed by atoms with Gasteiger partial charge in [0.15, 0.2) is 16.6 Å². The molecule has 0 bridgehead atoms. The Kier molecular flexibility index (Phi) is 10.9. The Morgan fingerprint density at radius 3 is 2.81 bits per heavy atom. The molecule has 2 aromatic rings. The molecule has 4 N–H and O–H groups in total. The Bertz CT molecular complexity index is 1230. The predicted molar refractivity (Wildman–Crippen MR) is 134 cm³/mol. The number of carboxylic acid groups (broad SMARTS) is 1. The van der Waals surface area contributed by atoms with Gasteiger partial charge in [0.05, 0.1) is 6.26 Å². The number of nitrogens with zero attached hydrogens (tertiary/aromatic N) is 3. The number of carbonyl (C=O) groups excluding carboxylic acids is 3. The van der Waals surface area contributed by atoms with Crippen molar-refractivity contribution in [3.63, 3.8) is 0 Å². The predicted octanol–water partition coefficient (Wildman–Crippen LogP) is -1.48. The number of carbonyl (C=O) groups is 4. The third-order valence-electron chi connectivity index (χ3n) is 4.80. The van der Waals surface area contributed by atoms with Crippen molar-refractivity contribution in [3.05, 3.63) is 46.5 Å². The van der Waals surface area contributed by atoms with Crippen LogP contribution in [0.5, 0.6) is 0 Å². The van der Waals surface area contributed by atoms with Gasteiger partial charge in [-0.1, -0.05) is 16.9 Å². The Labute approximate surface area is 246 Å². The van der Waals surface area contributed by atoms with Crippen molar-refractivity contribution in [1.82, 2.24) is 15.2 Å². The molecule has 2 aromatic heterocycles. The Balaban J connectivity index is 0.00000228. The van der Waals surface area contributed by atoms with Crippen LogP contribution in [0.25, 0.3) is 0 Å². The molecule has 17 heteroatoms. The fourth-order valence-corrected chi connectivity index (χ4v) is 6.14. The van der Waals surface area contributed by atoms with Crippen LogP contribution < -0.4 is 40.6 Å². The maximum Gasteiger partial charge on any atom is 1.00 e. The number of rotatable bonds is 8. The van der Waals surface area contributed by atoms with Crippen molar-refractivity contribution < 1.29 is 64.5 Å². The number of aromatic nitrogens is 1. The number of nitrogens with two attached hydrogens (primary N) is 1. The summed E-state index contributed by atoms with van der Waals surface area (Å²) in [6.45, 7) is 0. The van der Waals surface area contributed by atoms with Crippen molar-refractivity contribution in [2.24, 2.45) is 5.16 Å². The first kappa shape index (κ1) is 30.2. The molecule has 2 amide bonds. The molecule has 2 aliphatic heterocycles. The number of anilines is 1. The number of hydrogen-bond acceptors (Lipinski definition) is 12. The molecular weight excluding hydrogens is 565 g/mol. The van der Waals surface area contributed by atoms with Gasteiger partial charge in [0.1, 0.15) is 29.9 Å². The van der Waals surface area contributed by atoms with E-state index in [1.807, 2.05) is 0 Å². The van der Waals surface area contributed by atoms with E-state index in [1.54, 1.807) is 6.07 Å². The van der Waals surface area contributed by atoms with Crippen LogP contribution in [0, 0.1) is 0 Å². The average molecular weight is 584 g/mol. The molecule has 1 fully saturated rings. The molecule has 36 heavy (non-hydrogen) atoms. The number of amides is 2. The van der Waals surface area contributed by atoms with Crippen molar-refractivity contribution in [3.8, 4) is 0 Å². The SMILES string of the molecule is CO/N=C(\C(=O)N[C@@H]1C(=O)N2C(C(=O)O)=C(CSC(=O)c3ccco3)CS[C@H]12)c1csc(N)n1.Cl.[H-].[Na+]. The van der Waals surface area contributed by atoms with Gasteiger partial charge in [0.2, 0.25) is 0 Å². The summed E-state index contributed by atoms with van der Waals surface area (Å²) in [5.74, 6) is -2.08. The van der Waals surface area contributed by atoms with Gasteiger partial charge in [-0.05, 0) is 17.7 Å². The number of carboxylic acids is 1. The standard InChI is InChI=1S/C19H17N5O7S3.ClH.Na.H/c1-30-23-11(9-7-34-19(20)21-9)14(25)22-12-15(26)24-13(17(27)28)8(5-32-16(12)24)6-33-18(29)10-3-2-4-31-10;;;/h2-4,7,12,16H,5-6H2,1H3,(H2,20,21)(H,22,25)(H,27,28);1H;;/q;;+1;-1/b23-11-;;;/t12-,16-;;;/m1.../s1. The van der Waals surface area contributed by atoms with Crippen LogP contribution in [-0.2, 0) is 19.2 Å². The summed E-state index contributed by atoms with van der Waals surface area (Å²) in [4.78, 5) is 59.6. The number of halogens is 1. The summed E-state index contributed by atoms with van der Waals surface area (Å²) in [7, 11) is 1.26. The third-order valence-corrected chi connectivity index (χ3v) is 7.77. The molecule has 4 heterocycles. The van der Waals surface area contributed by atoms with E-state index < -0.39 is 29.2 Å². The molecule has 2 atom stereocenters. The van der Waals surface area contributed by atoms with Crippen molar-refractivity contribution >= 4 is 81.0 Å². The molecular formula is C19H19ClN5NaO7S3. The number of furan rings is 1. The van der Waals surface area contributed by atoms with Crippen molar-refractivity contribution in [2.45, 2.75) is 11.4 Å². The first-order valence-corrected chi connectivity index (χ1v) is 12.5. The monoisotopic (exact) mass is 583 g/mol. The maximum atomic E-state index is 12.8. The third kappa shape index (κ3) is 6.10. The molecule has 2 aliphatic rings. The van der Waals surface area contributed by atoms with Gasteiger partial charge in [-0.3, -0.25) is 19.3 Å². The van der Waals surface area contributed by atoms with E-state index in [-0.39, 0.29) is 88.0 Å². The van der Waals surface area contributed by atoms with Gasteiger partial charge in [0, 0.05) is 16.9 Å². The summed E-state index contributed by atoms with van der Waals surface area (Å²) in [6, 6.07) is 2.13. The fraction of sp³-hybridized carbons (Fsp3) is 0.263. The van der Waals surface area contributed by atoms with E-state index >= 15 is 0 Å². The topological polar surface area (TPSA) is 177 Å². The van der Waals surface area contributed by atoms with E-state index in [9.17, 15) is 24.3 Å². The van der Waals surface area contributed by atoms with E-state index in [0.29, 0.717) is 5.57 Å². The van der Waals surface area contributed by atoms with Crippen LogP contribution in [0.15, 0.2) is 44.6 Å². The van der Waals surface area contributed by atoms with Gasteiger partial charge in [0.25, 0.3) is 16.9 Å². The van der Waals surface area contributed by atoms with Crippen molar-refractivity contribution in [1.29, 1.82) is 0 Å².